The van der Waals surface area contributed by atoms with Crippen LogP contribution in [0.5, 0.6) is 28.7 Å². The van der Waals surface area contributed by atoms with Crippen molar-refractivity contribution >= 4 is 10.8 Å². The van der Waals surface area contributed by atoms with Crippen molar-refractivity contribution in [3.63, 3.8) is 0 Å². The average molecular weight is 479 g/mol. The van der Waals surface area contributed by atoms with E-state index in [0.29, 0.717) is 33.8 Å². The lowest BCUT2D eigenvalue weighted by Gasteiger charge is -2.40. The third-order valence-corrected chi connectivity index (χ3v) is 7.72. The zero-order valence-corrected chi connectivity index (χ0v) is 19.6. The molecule has 4 atom stereocenters. The van der Waals surface area contributed by atoms with Gasteiger partial charge in [-0.3, -0.25) is 0 Å². The summed E-state index contributed by atoms with van der Waals surface area (Å²) >= 11 is 0. The second kappa shape index (κ2) is 8.81. The largest absolute Gasteiger partial charge is 0.508 e. The van der Waals surface area contributed by atoms with Gasteiger partial charge in [-0.05, 0) is 68.1 Å². The fraction of sp³-hybridized carbons (Fsp3) is 0.429. The van der Waals surface area contributed by atoms with E-state index in [9.17, 15) is 15.3 Å². The van der Waals surface area contributed by atoms with Gasteiger partial charge in [-0.15, -0.1) is 0 Å². The first-order valence-corrected chi connectivity index (χ1v) is 12.3. The topological polar surface area (TPSA) is 97.6 Å². The molecule has 1 saturated carbocycles. The van der Waals surface area contributed by atoms with Gasteiger partial charge in [0.25, 0.3) is 0 Å². The Balaban J connectivity index is 1.30. The lowest BCUT2D eigenvalue weighted by atomic mass is 9.77. The van der Waals surface area contributed by atoms with Crippen LogP contribution in [0.25, 0.3) is 10.8 Å². The van der Waals surface area contributed by atoms with Crippen LogP contribution in [0.1, 0.15) is 49.0 Å². The Labute approximate surface area is 203 Å². The second-order valence-electron chi connectivity index (χ2n) is 9.79. The molecule has 3 aromatic carbocycles. The van der Waals surface area contributed by atoms with Crippen molar-refractivity contribution in [2.75, 3.05) is 20.3 Å². The molecule has 0 bridgehead atoms. The van der Waals surface area contributed by atoms with Gasteiger partial charge in [0.1, 0.15) is 28.7 Å². The SMILES string of the molecule is COc1cc2c(c3ccc(O)cc13)OCC(C1COc3ccc(OC4CCCC4)cc3C1O)C2O. The second-order valence-corrected chi connectivity index (χ2v) is 9.79. The molecule has 2 heterocycles. The monoisotopic (exact) mass is 478 g/mol. The Kier molecular flexibility index (Phi) is 5.61. The van der Waals surface area contributed by atoms with E-state index < -0.39 is 12.2 Å². The molecule has 35 heavy (non-hydrogen) atoms. The van der Waals surface area contributed by atoms with Crippen LogP contribution in [0.2, 0.25) is 0 Å². The highest BCUT2D eigenvalue weighted by molar-refractivity contribution is 5.95. The minimum atomic E-state index is -0.881. The van der Waals surface area contributed by atoms with Gasteiger partial charge in [-0.1, -0.05) is 0 Å². The van der Waals surface area contributed by atoms with E-state index >= 15 is 0 Å². The minimum Gasteiger partial charge on any atom is -0.508 e. The summed E-state index contributed by atoms with van der Waals surface area (Å²) in [7, 11) is 1.56. The van der Waals surface area contributed by atoms with Crippen LogP contribution in [0.4, 0.5) is 0 Å². The van der Waals surface area contributed by atoms with E-state index in [0.717, 1.165) is 24.0 Å². The molecule has 0 aromatic heterocycles. The Morgan fingerprint density at radius 3 is 2.34 bits per heavy atom. The first-order chi connectivity index (χ1) is 17.0. The van der Waals surface area contributed by atoms with Crippen LogP contribution >= 0.6 is 0 Å². The van der Waals surface area contributed by atoms with Crippen molar-refractivity contribution in [3.8, 4) is 28.7 Å². The number of rotatable bonds is 4. The summed E-state index contributed by atoms with van der Waals surface area (Å²) in [5.41, 5.74) is 1.29. The summed E-state index contributed by atoms with van der Waals surface area (Å²) in [6, 6.07) is 12.4. The zero-order valence-electron chi connectivity index (χ0n) is 19.6. The number of aliphatic hydroxyl groups is 2. The molecule has 0 saturated heterocycles. The van der Waals surface area contributed by atoms with Gasteiger partial charge in [0.2, 0.25) is 0 Å². The number of hydrogen-bond donors (Lipinski definition) is 3. The Bertz CT molecular complexity index is 1250. The number of benzene rings is 3. The third kappa shape index (κ3) is 3.83. The quantitative estimate of drug-likeness (QED) is 0.502. The van der Waals surface area contributed by atoms with Crippen LogP contribution in [-0.2, 0) is 0 Å². The normalized spacial score (nSPS) is 25.9. The van der Waals surface area contributed by atoms with E-state index in [-0.39, 0.29) is 36.9 Å². The smallest absolute Gasteiger partial charge is 0.133 e. The van der Waals surface area contributed by atoms with Crippen molar-refractivity contribution in [2.45, 2.75) is 44.0 Å². The van der Waals surface area contributed by atoms with E-state index in [4.69, 9.17) is 18.9 Å². The number of phenolic OH excluding ortho intramolecular Hbond substituents is 1. The highest BCUT2D eigenvalue weighted by Gasteiger charge is 2.43. The van der Waals surface area contributed by atoms with Gasteiger partial charge < -0.3 is 34.3 Å². The molecular formula is C28H30O7. The number of ether oxygens (including phenoxy) is 4. The number of aliphatic hydroxyl groups excluding tert-OH is 2. The highest BCUT2D eigenvalue weighted by Crippen LogP contribution is 2.50. The molecule has 2 aliphatic heterocycles. The molecule has 4 unspecified atom stereocenters. The van der Waals surface area contributed by atoms with Crippen molar-refractivity contribution in [1.82, 2.24) is 0 Å². The van der Waals surface area contributed by atoms with E-state index in [1.807, 2.05) is 18.2 Å². The Morgan fingerprint density at radius 2 is 1.57 bits per heavy atom. The molecule has 0 spiro atoms. The van der Waals surface area contributed by atoms with Gasteiger partial charge in [-0.25, -0.2) is 0 Å². The maximum absolute atomic E-state index is 11.4. The van der Waals surface area contributed by atoms with Crippen molar-refractivity contribution in [2.24, 2.45) is 11.8 Å². The maximum atomic E-state index is 11.4. The Hall–Kier alpha value is -3.16. The summed E-state index contributed by atoms with van der Waals surface area (Å²) in [5.74, 6) is 1.87. The van der Waals surface area contributed by atoms with Crippen LogP contribution < -0.4 is 18.9 Å². The number of aromatic hydroxyl groups is 1. The van der Waals surface area contributed by atoms with Crippen LogP contribution in [-0.4, -0.2) is 41.7 Å². The summed E-state index contributed by atoms with van der Waals surface area (Å²) in [5, 5.41) is 34.2. The lowest BCUT2D eigenvalue weighted by Crippen LogP contribution is -2.40. The number of hydrogen-bond acceptors (Lipinski definition) is 7. The van der Waals surface area contributed by atoms with Crippen LogP contribution in [0.3, 0.4) is 0 Å². The van der Waals surface area contributed by atoms with Crippen molar-refractivity contribution in [1.29, 1.82) is 0 Å². The molecule has 3 N–H and O–H groups in total. The molecule has 0 amide bonds. The zero-order chi connectivity index (χ0) is 24.1. The fourth-order valence-electron chi connectivity index (χ4n) is 5.81. The van der Waals surface area contributed by atoms with Gasteiger partial charge in [0.15, 0.2) is 0 Å². The predicted octanol–water partition coefficient (Wildman–Crippen LogP) is 4.66. The minimum absolute atomic E-state index is 0.127. The average Bonchev–Trinajstić information content (AvgIpc) is 3.38. The number of methoxy groups -OCH3 is 1. The summed E-state index contributed by atoms with van der Waals surface area (Å²) < 4.78 is 23.9. The van der Waals surface area contributed by atoms with Crippen molar-refractivity contribution < 1.29 is 34.3 Å². The molecule has 184 valence electrons. The number of fused-ring (bicyclic) bond motifs is 4. The Morgan fingerprint density at radius 1 is 0.829 bits per heavy atom. The van der Waals surface area contributed by atoms with Crippen molar-refractivity contribution in [3.05, 3.63) is 53.6 Å². The van der Waals surface area contributed by atoms with E-state index in [1.54, 1.807) is 31.4 Å². The highest BCUT2D eigenvalue weighted by atomic mass is 16.5. The van der Waals surface area contributed by atoms with Gasteiger partial charge in [-0.2, -0.15) is 0 Å². The van der Waals surface area contributed by atoms with Gasteiger partial charge >= 0.3 is 0 Å². The first-order valence-electron chi connectivity index (χ1n) is 12.3. The van der Waals surface area contributed by atoms with Crippen LogP contribution in [0, 0.1) is 11.8 Å². The van der Waals surface area contributed by atoms with Crippen LogP contribution in [0.15, 0.2) is 42.5 Å². The summed E-state index contributed by atoms with van der Waals surface area (Å²) in [6.07, 6.45) is 3.01. The standard InChI is InChI=1S/C28H30O7/c1-32-25-12-21-27(31)23(14-34-28(21)18-8-6-15(29)10-19(18)25)22-13-33-24-9-7-17(11-20(24)26(22)30)35-16-4-2-3-5-16/h6-12,16,22-23,26-27,29-31H,2-5,13-14H2,1H3. The third-order valence-electron chi connectivity index (χ3n) is 7.72. The van der Waals surface area contributed by atoms with E-state index in [1.165, 1.54) is 12.8 Å². The summed E-state index contributed by atoms with van der Waals surface area (Å²) in [6.45, 7) is 0.505. The molecule has 7 nitrogen and oxygen atoms in total. The predicted molar refractivity (Wildman–Crippen MR) is 129 cm³/mol. The first kappa shape index (κ1) is 22.3. The van der Waals surface area contributed by atoms with E-state index in [2.05, 4.69) is 0 Å². The maximum Gasteiger partial charge on any atom is 0.133 e. The number of phenols is 1. The summed E-state index contributed by atoms with van der Waals surface area (Å²) in [4.78, 5) is 0. The van der Waals surface area contributed by atoms with Gasteiger partial charge in [0.05, 0.1) is 38.6 Å². The fourth-order valence-corrected chi connectivity index (χ4v) is 5.81. The molecule has 6 rings (SSSR count). The molecule has 1 fully saturated rings. The molecular weight excluding hydrogens is 448 g/mol. The van der Waals surface area contributed by atoms with Gasteiger partial charge in [0, 0.05) is 33.7 Å². The molecule has 1 aliphatic carbocycles. The lowest BCUT2D eigenvalue weighted by molar-refractivity contribution is -0.0548. The molecule has 7 heteroatoms. The molecule has 0 radical (unpaired) electrons. The molecule has 3 aliphatic rings. The molecule has 3 aromatic rings.